The number of amides is 2. The summed E-state index contributed by atoms with van der Waals surface area (Å²) in [6.07, 6.45) is -1.12. The van der Waals surface area contributed by atoms with Crippen LogP contribution in [0.3, 0.4) is 0 Å². The van der Waals surface area contributed by atoms with Crippen molar-refractivity contribution in [3.05, 3.63) is 35.4 Å². The lowest BCUT2D eigenvalue weighted by atomic mass is 9.99. The number of aliphatic hydroxyl groups is 1. The summed E-state index contributed by atoms with van der Waals surface area (Å²) in [7, 11) is 0. The molecule has 0 aliphatic heterocycles. The van der Waals surface area contributed by atoms with Crippen molar-refractivity contribution < 1.29 is 28.6 Å². The molecule has 0 saturated carbocycles. The Bertz CT molecular complexity index is 534. The van der Waals surface area contributed by atoms with E-state index in [0.29, 0.717) is 0 Å². The number of carbonyl (C=O) groups excluding carboxylic acids is 1. The predicted octanol–water partition coefficient (Wildman–Crippen LogP) is 1.94. The Kier molecular flexibility index (Phi) is 7.40. The summed E-state index contributed by atoms with van der Waals surface area (Å²) in [6.45, 7) is 1.79. The molecule has 2 amide bonds. The zero-order chi connectivity index (χ0) is 17.4. The molecule has 8 heteroatoms. The highest BCUT2D eigenvalue weighted by molar-refractivity contribution is 5.74. The van der Waals surface area contributed by atoms with Crippen LogP contribution in [0.1, 0.15) is 37.9 Å². The number of urea groups is 1. The van der Waals surface area contributed by atoms with Crippen LogP contribution >= 0.6 is 0 Å². The number of carboxylic acid groups (broad SMARTS) is 1. The number of hydrogen-bond donors (Lipinski definition) is 4. The predicted molar refractivity (Wildman–Crippen MR) is 78.8 cm³/mol. The molecule has 6 nitrogen and oxygen atoms in total. The maximum absolute atomic E-state index is 13.7. The van der Waals surface area contributed by atoms with Gasteiger partial charge in [0, 0.05) is 13.0 Å². The van der Waals surface area contributed by atoms with Gasteiger partial charge < -0.3 is 20.8 Å². The van der Waals surface area contributed by atoms with Crippen LogP contribution in [-0.2, 0) is 4.79 Å². The van der Waals surface area contributed by atoms with Crippen LogP contribution in [-0.4, -0.2) is 34.8 Å². The molecule has 23 heavy (non-hydrogen) atoms. The van der Waals surface area contributed by atoms with Gasteiger partial charge >= 0.3 is 12.0 Å². The minimum atomic E-state index is -1.54. The van der Waals surface area contributed by atoms with Crippen molar-refractivity contribution >= 4 is 12.0 Å². The highest BCUT2D eigenvalue weighted by Crippen LogP contribution is 2.24. The van der Waals surface area contributed by atoms with Gasteiger partial charge in [-0.25, -0.2) is 13.6 Å². The smallest absolute Gasteiger partial charge is 0.315 e. The molecular formula is C15H20F2N2O4. The molecule has 0 aromatic heterocycles. The van der Waals surface area contributed by atoms with Crippen molar-refractivity contribution in [3.63, 3.8) is 0 Å². The highest BCUT2D eigenvalue weighted by atomic mass is 19.1. The summed E-state index contributed by atoms with van der Waals surface area (Å²) in [6, 6.07) is 1.71. The number of benzene rings is 1. The minimum absolute atomic E-state index is 0.0828. The first-order valence-electron chi connectivity index (χ1n) is 7.25. The van der Waals surface area contributed by atoms with Crippen LogP contribution in [0.5, 0.6) is 0 Å². The molecule has 0 heterocycles. The van der Waals surface area contributed by atoms with E-state index in [2.05, 4.69) is 10.6 Å². The maximum atomic E-state index is 13.7. The maximum Gasteiger partial charge on any atom is 0.315 e. The Morgan fingerprint density at radius 2 is 1.87 bits per heavy atom. The molecule has 4 N–H and O–H groups in total. The fraction of sp³-hybridized carbons (Fsp3) is 0.467. The molecule has 2 unspecified atom stereocenters. The zero-order valence-corrected chi connectivity index (χ0v) is 12.7. The van der Waals surface area contributed by atoms with Gasteiger partial charge in [-0.1, -0.05) is 13.0 Å². The Labute approximate surface area is 132 Å². The van der Waals surface area contributed by atoms with Gasteiger partial charge in [0.2, 0.25) is 0 Å². The standard InChI is InChI=1S/C15H20F2N2O4/c1-2-11(19-15(23)18-8-4-7-12(20)21)14(22)13-9(16)5-3-6-10(13)17/h3,5-6,11,14,22H,2,4,7-8H2,1H3,(H,20,21)(H2,18,19,23). The lowest BCUT2D eigenvalue weighted by Crippen LogP contribution is -2.45. The van der Waals surface area contributed by atoms with Crippen molar-refractivity contribution in [1.29, 1.82) is 0 Å². The van der Waals surface area contributed by atoms with Crippen molar-refractivity contribution in [3.8, 4) is 0 Å². The first kappa shape index (κ1) is 18.8. The first-order valence-corrected chi connectivity index (χ1v) is 7.25. The van der Waals surface area contributed by atoms with Gasteiger partial charge in [-0.3, -0.25) is 4.79 Å². The van der Waals surface area contributed by atoms with Gasteiger partial charge in [-0.15, -0.1) is 0 Å². The molecule has 0 spiro atoms. The Balaban J connectivity index is 2.62. The quantitative estimate of drug-likeness (QED) is 0.548. The van der Waals surface area contributed by atoms with Gasteiger partial charge in [-0.05, 0) is 25.0 Å². The van der Waals surface area contributed by atoms with Crippen LogP contribution in [0.25, 0.3) is 0 Å². The van der Waals surface area contributed by atoms with E-state index in [4.69, 9.17) is 5.11 Å². The third-order valence-corrected chi connectivity index (χ3v) is 3.29. The van der Waals surface area contributed by atoms with Gasteiger partial charge in [0.25, 0.3) is 0 Å². The van der Waals surface area contributed by atoms with E-state index in [9.17, 15) is 23.5 Å². The molecule has 0 bridgehead atoms. The van der Waals surface area contributed by atoms with Crippen molar-refractivity contribution in [2.24, 2.45) is 0 Å². The van der Waals surface area contributed by atoms with Gasteiger partial charge in [-0.2, -0.15) is 0 Å². The number of aliphatic hydroxyl groups excluding tert-OH is 1. The number of aliphatic carboxylic acids is 1. The first-order chi connectivity index (χ1) is 10.9. The second-order valence-electron chi connectivity index (χ2n) is 4.99. The molecule has 1 aromatic carbocycles. The molecule has 0 radical (unpaired) electrons. The third kappa shape index (κ3) is 5.82. The third-order valence-electron chi connectivity index (χ3n) is 3.29. The summed E-state index contributed by atoms with van der Waals surface area (Å²) in [4.78, 5) is 22.0. The summed E-state index contributed by atoms with van der Waals surface area (Å²) >= 11 is 0. The van der Waals surface area contributed by atoms with Crippen LogP contribution in [0, 0.1) is 11.6 Å². The monoisotopic (exact) mass is 330 g/mol. The molecule has 0 fully saturated rings. The average Bonchev–Trinajstić information content (AvgIpc) is 2.48. The van der Waals surface area contributed by atoms with Crippen LogP contribution in [0.4, 0.5) is 13.6 Å². The number of nitrogens with one attached hydrogen (secondary N) is 2. The molecule has 0 aliphatic carbocycles. The van der Waals surface area contributed by atoms with E-state index in [-0.39, 0.29) is 25.8 Å². The summed E-state index contributed by atoms with van der Waals surface area (Å²) in [5, 5.41) is 23.5. The van der Waals surface area contributed by atoms with Crippen LogP contribution < -0.4 is 10.6 Å². The number of rotatable bonds is 8. The molecule has 1 aromatic rings. The topological polar surface area (TPSA) is 98.7 Å². The Morgan fingerprint density at radius 1 is 1.26 bits per heavy atom. The highest BCUT2D eigenvalue weighted by Gasteiger charge is 2.26. The lowest BCUT2D eigenvalue weighted by molar-refractivity contribution is -0.137. The SMILES string of the molecule is CCC(NC(=O)NCCCC(=O)O)C(O)c1c(F)cccc1F. The van der Waals surface area contributed by atoms with Crippen molar-refractivity contribution in [2.45, 2.75) is 38.3 Å². The second-order valence-corrected chi connectivity index (χ2v) is 4.99. The second kappa shape index (κ2) is 9.04. The van der Waals surface area contributed by atoms with E-state index >= 15 is 0 Å². The Hall–Kier alpha value is -2.22. The van der Waals surface area contributed by atoms with Gasteiger partial charge in [0.1, 0.15) is 17.7 Å². The number of hydrogen-bond acceptors (Lipinski definition) is 3. The van der Waals surface area contributed by atoms with Crippen molar-refractivity contribution in [2.75, 3.05) is 6.54 Å². The molecule has 1 rings (SSSR count). The van der Waals surface area contributed by atoms with E-state index in [1.54, 1.807) is 6.92 Å². The summed E-state index contributed by atoms with van der Waals surface area (Å²) in [5.41, 5.74) is -0.495. The fourth-order valence-corrected chi connectivity index (χ4v) is 2.06. The number of carboxylic acids is 1. The van der Waals surface area contributed by atoms with E-state index < -0.39 is 41.3 Å². The van der Waals surface area contributed by atoms with Crippen molar-refractivity contribution in [1.82, 2.24) is 10.6 Å². The van der Waals surface area contributed by atoms with Gasteiger partial charge in [0.05, 0.1) is 11.6 Å². The van der Waals surface area contributed by atoms with Crippen LogP contribution in [0.2, 0.25) is 0 Å². The van der Waals surface area contributed by atoms with Gasteiger partial charge in [0.15, 0.2) is 0 Å². The molecule has 0 aliphatic rings. The van der Waals surface area contributed by atoms with E-state index in [1.165, 1.54) is 6.07 Å². The van der Waals surface area contributed by atoms with E-state index in [0.717, 1.165) is 12.1 Å². The fourth-order valence-electron chi connectivity index (χ4n) is 2.06. The Morgan fingerprint density at radius 3 is 2.39 bits per heavy atom. The normalized spacial score (nSPS) is 13.2. The number of halogens is 2. The molecule has 2 atom stereocenters. The van der Waals surface area contributed by atoms with Crippen LogP contribution in [0.15, 0.2) is 18.2 Å². The van der Waals surface area contributed by atoms with E-state index in [1.807, 2.05) is 0 Å². The summed E-state index contributed by atoms with van der Waals surface area (Å²) in [5.74, 6) is -2.75. The molecule has 0 saturated heterocycles. The lowest BCUT2D eigenvalue weighted by Gasteiger charge is -2.24. The summed E-state index contributed by atoms with van der Waals surface area (Å²) < 4.78 is 27.4. The zero-order valence-electron chi connectivity index (χ0n) is 12.7. The largest absolute Gasteiger partial charge is 0.481 e. The minimum Gasteiger partial charge on any atom is -0.481 e. The average molecular weight is 330 g/mol. The molecular weight excluding hydrogens is 310 g/mol. The molecule has 128 valence electrons. The number of carbonyl (C=O) groups is 2.